The molecule has 2 heterocycles. The lowest BCUT2D eigenvalue weighted by molar-refractivity contribution is 0.0797. The maximum atomic E-state index is 12.8. The minimum absolute atomic E-state index is 0.0336. The standard InChI is InChI=1S/C21H20ClN3O2/c22-18-10-4-8-16(12-18)20(26)17-9-5-11-25(13-17)14-19-23-21(24-27-19)15-6-2-1-3-7-15/h1-4,6-8,10,12,17H,5,9,11,13-14H2/t17-/m1/s1. The molecule has 2 aromatic carbocycles. The summed E-state index contributed by atoms with van der Waals surface area (Å²) in [5.41, 5.74) is 1.61. The van der Waals surface area contributed by atoms with E-state index in [4.69, 9.17) is 16.1 Å². The van der Waals surface area contributed by atoms with Crippen LogP contribution in [0.15, 0.2) is 59.1 Å². The summed E-state index contributed by atoms with van der Waals surface area (Å²) in [5.74, 6) is 1.28. The first-order chi connectivity index (χ1) is 13.2. The zero-order valence-electron chi connectivity index (χ0n) is 14.8. The number of hydrogen-bond donors (Lipinski definition) is 0. The molecule has 4 rings (SSSR count). The minimum Gasteiger partial charge on any atom is -0.338 e. The lowest BCUT2D eigenvalue weighted by Gasteiger charge is -2.30. The second-order valence-electron chi connectivity index (χ2n) is 6.83. The molecule has 0 spiro atoms. The van der Waals surface area contributed by atoms with E-state index in [1.807, 2.05) is 42.5 Å². The van der Waals surface area contributed by atoms with E-state index >= 15 is 0 Å². The maximum Gasteiger partial charge on any atom is 0.241 e. The van der Waals surface area contributed by atoms with Crippen molar-refractivity contribution in [2.75, 3.05) is 13.1 Å². The van der Waals surface area contributed by atoms with Crippen molar-refractivity contribution >= 4 is 17.4 Å². The summed E-state index contributed by atoms with van der Waals surface area (Å²) in [4.78, 5) is 19.5. The van der Waals surface area contributed by atoms with E-state index in [0.29, 0.717) is 35.4 Å². The summed E-state index contributed by atoms with van der Waals surface area (Å²) in [6.45, 7) is 2.16. The van der Waals surface area contributed by atoms with Crippen LogP contribution >= 0.6 is 11.6 Å². The molecule has 0 unspecified atom stereocenters. The number of carbonyl (C=O) groups is 1. The molecule has 0 aliphatic carbocycles. The van der Waals surface area contributed by atoms with Crippen LogP contribution in [0.25, 0.3) is 11.4 Å². The number of Topliss-reactive ketones (excluding diaryl/α,β-unsaturated/α-hetero) is 1. The second-order valence-corrected chi connectivity index (χ2v) is 7.26. The van der Waals surface area contributed by atoms with Crippen LogP contribution in [0.1, 0.15) is 29.1 Å². The molecule has 0 amide bonds. The van der Waals surface area contributed by atoms with Crippen LogP contribution in [0.4, 0.5) is 0 Å². The third-order valence-corrected chi connectivity index (χ3v) is 5.08. The largest absolute Gasteiger partial charge is 0.338 e. The van der Waals surface area contributed by atoms with Gasteiger partial charge in [0.15, 0.2) is 5.78 Å². The normalized spacial score (nSPS) is 17.7. The van der Waals surface area contributed by atoms with Crippen LogP contribution < -0.4 is 0 Å². The van der Waals surface area contributed by atoms with Gasteiger partial charge in [0, 0.05) is 28.6 Å². The van der Waals surface area contributed by atoms with Crippen LogP contribution in [0.5, 0.6) is 0 Å². The van der Waals surface area contributed by atoms with Gasteiger partial charge < -0.3 is 4.52 Å². The molecule has 5 nitrogen and oxygen atoms in total. The Balaban J connectivity index is 1.42. The molecule has 1 aliphatic rings. The zero-order valence-corrected chi connectivity index (χ0v) is 15.6. The summed E-state index contributed by atoms with van der Waals surface area (Å²) in [6.07, 6.45) is 1.86. The third kappa shape index (κ3) is 4.26. The Bertz CT molecular complexity index is 926. The van der Waals surface area contributed by atoms with Crippen molar-refractivity contribution in [3.8, 4) is 11.4 Å². The molecular weight excluding hydrogens is 362 g/mol. The average molecular weight is 382 g/mol. The summed E-state index contributed by atoms with van der Waals surface area (Å²) >= 11 is 6.03. The third-order valence-electron chi connectivity index (χ3n) is 4.84. The van der Waals surface area contributed by atoms with Crippen LogP contribution in [-0.4, -0.2) is 33.9 Å². The van der Waals surface area contributed by atoms with Crippen molar-refractivity contribution < 1.29 is 9.32 Å². The van der Waals surface area contributed by atoms with E-state index < -0.39 is 0 Å². The van der Waals surface area contributed by atoms with Crippen LogP contribution in [0, 0.1) is 5.92 Å². The fourth-order valence-corrected chi connectivity index (χ4v) is 3.70. The van der Waals surface area contributed by atoms with Crippen molar-refractivity contribution in [1.29, 1.82) is 0 Å². The predicted octanol–water partition coefficient (Wildman–Crippen LogP) is 4.48. The van der Waals surface area contributed by atoms with E-state index in [2.05, 4.69) is 15.0 Å². The number of ketones is 1. The highest BCUT2D eigenvalue weighted by Gasteiger charge is 2.27. The number of piperidine rings is 1. The minimum atomic E-state index is -0.0336. The van der Waals surface area contributed by atoms with Crippen molar-refractivity contribution in [2.24, 2.45) is 5.92 Å². The number of carbonyl (C=O) groups excluding carboxylic acids is 1. The first-order valence-corrected chi connectivity index (χ1v) is 9.47. The highest BCUT2D eigenvalue weighted by Crippen LogP contribution is 2.24. The lowest BCUT2D eigenvalue weighted by atomic mass is 9.90. The smallest absolute Gasteiger partial charge is 0.241 e. The first kappa shape index (κ1) is 17.9. The lowest BCUT2D eigenvalue weighted by Crippen LogP contribution is -2.38. The molecule has 3 aromatic rings. The number of halogens is 1. The van der Waals surface area contributed by atoms with Gasteiger partial charge in [0.1, 0.15) is 0 Å². The number of rotatable bonds is 5. The molecule has 1 fully saturated rings. The van der Waals surface area contributed by atoms with E-state index in [1.165, 1.54) is 0 Å². The SMILES string of the molecule is O=C(c1cccc(Cl)c1)[C@@H]1CCCN(Cc2nc(-c3ccccc3)no2)C1. The van der Waals surface area contributed by atoms with Gasteiger partial charge in [0.05, 0.1) is 6.54 Å². The quantitative estimate of drug-likeness (QED) is 0.609. The van der Waals surface area contributed by atoms with Crippen LogP contribution in [0.3, 0.4) is 0 Å². The molecule has 0 N–H and O–H groups in total. The molecule has 0 bridgehead atoms. The Morgan fingerprint density at radius 2 is 2.04 bits per heavy atom. The Labute approximate surface area is 163 Å². The fraction of sp³-hybridized carbons (Fsp3) is 0.286. The Kier molecular flexibility index (Phi) is 5.32. The van der Waals surface area contributed by atoms with Crippen LogP contribution in [-0.2, 0) is 6.54 Å². The molecule has 27 heavy (non-hydrogen) atoms. The van der Waals surface area contributed by atoms with Crippen LogP contribution in [0.2, 0.25) is 5.02 Å². The number of hydrogen-bond acceptors (Lipinski definition) is 5. The zero-order chi connectivity index (χ0) is 18.6. The van der Waals surface area contributed by atoms with Crippen molar-refractivity contribution in [1.82, 2.24) is 15.0 Å². The van der Waals surface area contributed by atoms with Gasteiger partial charge in [-0.3, -0.25) is 9.69 Å². The number of benzene rings is 2. The maximum absolute atomic E-state index is 12.8. The van der Waals surface area contributed by atoms with Crippen molar-refractivity contribution in [3.63, 3.8) is 0 Å². The monoisotopic (exact) mass is 381 g/mol. The average Bonchev–Trinajstić information content (AvgIpc) is 3.17. The van der Waals surface area contributed by atoms with Gasteiger partial charge in [-0.25, -0.2) is 0 Å². The Morgan fingerprint density at radius 3 is 2.85 bits per heavy atom. The van der Waals surface area contributed by atoms with E-state index in [1.54, 1.807) is 12.1 Å². The van der Waals surface area contributed by atoms with E-state index in [0.717, 1.165) is 24.9 Å². The van der Waals surface area contributed by atoms with Crippen molar-refractivity contribution in [3.05, 3.63) is 71.1 Å². The molecule has 1 saturated heterocycles. The summed E-state index contributed by atoms with van der Waals surface area (Å²) < 4.78 is 5.41. The van der Waals surface area contributed by atoms with E-state index in [9.17, 15) is 4.79 Å². The number of aromatic nitrogens is 2. The molecule has 1 atom stereocenters. The fourth-order valence-electron chi connectivity index (χ4n) is 3.51. The number of likely N-dealkylation sites (tertiary alicyclic amines) is 1. The van der Waals surface area contributed by atoms with Gasteiger partial charge in [-0.2, -0.15) is 4.98 Å². The molecule has 138 valence electrons. The molecule has 1 aliphatic heterocycles. The Morgan fingerprint density at radius 1 is 1.19 bits per heavy atom. The topological polar surface area (TPSA) is 59.2 Å². The van der Waals surface area contributed by atoms with Gasteiger partial charge in [-0.15, -0.1) is 0 Å². The highest BCUT2D eigenvalue weighted by molar-refractivity contribution is 6.31. The Hall–Kier alpha value is -2.50. The second kappa shape index (κ2) is 8.03. The molecular formula is C21H20ClN3O2. The van der Waals surface area contributed by atoms with Gasteiger partial charge in [0.2, 0.25) is 11.7 Å². The number of nitrogens with zero attached hydrogens (tertiary/aromatic N) is 3. The van der Waals surface area contributed by atoms with Crippen molar-refractivity contribution in [2.45, 2.75) is 19.4 Å². The predicted molar refractivity (Wildman–Crippen MR) is 104 cm³/mol. The van der Waals surface area contributed by atoms with Gasteiger partial charge >= 0.3 is 0 Å². The summed E-state index contributed by atoms with van der Waals surface area (Å²) in [5, 5.41) is 4.66. The molecule has 1 aromatic heterocycles. The van der Waals surface area contributed by atoms with Gasteiger partial charge in [-0.1, -0.05) is 59.2 Å². The van der Waals surface area contributed by atoms with Gasteiger partial charge in [-0.05, 0) is 31.5 Å². The summed E-state index contributed by atoms with van der Waals surface area (Å²) in [6, 6.07) is 16.9. The molecule has 6 heteroatoms. The highest BCUT2D eigenvalue weighted by atomic mass is 35.5. The summed E-state index contributed by atoms with van der Waals surface area (Å²) in [7, 11) is 0. The molecule has 0 radical (unpaired) electrons. The molecule has 0 saturated carbocycles. The van der Waals surface area contributed by atoms with Gasteiger partial charge in [0.25, 0.3) is 0 Å². The van der Waals surface area contributed by atoms with E-state index in [-0.39, 0.29) is 11.7 Å². The first-order valence-electron chi connectivity index (χ1n) is 9.09.